The second-order valence-corrected chi connectivity index (χ2v) is 11.3. The number of hydrogen-bond donors (Lipinski definition) is 2. The van der Waals surface area contributed by atoms with Crippen LogP contribution in [0.3, 0.4) is 0 Å². The van der Waals surface area contributed by atoms with E-state index in [2.05, 4.69) is 41.7 Å². The van der Waals surface area contributed by atoms with E-state index in [0.29, 0.717) is 58.9 Å². The first-order valence-electron chi connectivity index (χ1n) is 15.5. The first kappa shape index (κ1) is 30.8. The van der Waals surface area contributed by atoms with Crippen LogP contribution in [0.5, 0.6) is 5.75 Å². The number of carbonyl (C=O) groups excluding carboxylic acids is 1. The molecule has 0 radical (unpaired) electrons. The smallest absolute Gasteiger partial charge is 0.327 e. The molecule has 0 bridgehead atoms. The number of nitrogens with zero attached hydrogens (tertiary/aromatic N) is 9. The van der Waals surface area contributed by atoms with Crippen LogP contribution in [0.15, 0.2) is 104 Å². The minimum absolute atomic E-state index is 0.294. The molecule has 4 aromatic heterocycles. The lowest BCUT2D eigenvalue weighted by Gasteiger charge is -2.26. The van der Waals surface area contributed by atoms with Gasteiger partial charge < -0.3 is 20.3 Å². The average molecular weight is 650 g/mol. The van der Waals surface area contributed by atoms with Gasteiger partial charge in [-0.05, 0) is 48.0 Å². The summed E-state index contributed by atoms with van der Waals surface area (Å²) in [5.41, 5.74) is 5.45. The van der Waals surface area contributed by atoms with Gasteiger partial charge in [0.25, 0.3) is 0 Å². The molecule has 49 heavy (non-hydrogen) atoms. The Hall–Kier alpha value is -6.81. The van der Waals surface area contributed by atoms with Gasteiger partial charge in [-0.1, -0.05) is 30.3 Å². The molecule has 242 valence electrons. The van der Waals surface area contributed by atoms with Crippen molar-refractivity contribution >= 4 is 35.0 Å². The monoisotopic (exact) mass is 649 g/mol. The summed E-state index contributed by atoms with van der Waals surface area (Å²) in [6.45, 7) is 1.64. The van der Waals surface area contributed by atoms with E-state index in [1.54, 1.807) is 29.3 Å². The number of urea groups is 1. The van der Waals surface area contributed by atoms with Crippen LogP contribution in [0.25, 0.3) is 22.4 Å². The Morgan fingerprint density at radius 2 is 1.76 bits per heavy atom. The Morgan fingerprint density at radius 3 is 2.49 bits per heavy atom. The molecule has 0 saturated carbocycles. The van der Waals surface area contributed by atoms with E-state index in [4.69, 9.17) is 4.74 Å². The molecule has 2 N–H and O–H groups in total. The maximum absolute atomic E-state index is 13.7. The molecule has 13 heteroatoms. The highest BCUT2D eigenvalue weighted by atomic mass is 16.5. The summed E-state index contributed by atoms with van der Waals surface area (Å²) in [4.78, 5) is 35.4. The van der Waals surface area contributed by atoms with Crippen molar-refractivity contribution in [3.8, 4) is 34.2 Å². The zero-order valence-electron chi connectivity index (χ0n) is 26.8. The molecule has 0 saturated heterocycles. The molecule has 6 aromatic rings. The average Bonchev–Trinajstić information content (AvgIpc) is 3.58. The minimum atomic E-state index is -0.333. The fraction of sp³-hybridized carbons (Fsp3) is 0.139. The minimum Gasteiger partial charge on any atom is -0.488 e. The molecule has 1 aliphatic heterocycles. The van der Waals surface area contributed by atoms with Crippen LogP contribution in [0.1, 0.15) is 11.1 Å². The summed E-state index contributed by atoms with van der Waals surface area (Å²) in [5, 5.41) is 20.2. The summed E-state index contributed by atoms with van der Waals surface area (Å²) < 4.78 is 7.54. The number of rotatable bonds is 8. The summed E-state index contributed by atoms with van der Waals surface area (Å²) in [5.74, 6) is 2.12. The van der Waals surface area contributed by atoms with Crippen LogP contribution in [0, 0.1) is 11.3 Å². The predicted octanol–water partition coefficient (Wildman–Crippen LogP) is 5.83. The highest BCUT2D eigenvalue weighted by Gasteiger charge is 2.21. The number of ether oxygens (including phenoxy) is 1. The predicted molar refractivity (Wildman–Crippen MR) is 186 cm³/mol. The first-order chi connectivity index (χ1) is 23.9. The van der Waals surface area contributed by atoms with Gasteiger partial charge in [0.2, 0.25) is 5.95 Å². The van der Waals surface area contributed by atoms with E-state index < -0.39 is 0 Å². The number of nitrogens with one attached hydrogen (secondary N) is 2. The Kier molecular flexibility index (Phi) is 8.49. The highest BCUT2D eigenvalue weighted by molar-refractivity contribution is 5.98. The van der Waals surface area contributed by atoms with E-state index in [-0.39, 0.29) is 6.03 Å². The number of aryl methyl sites for hydroxylation is 1. The van der Waals surface area contributed by atoms with Gasteiger partial charge in [-0.3, -0.25) is 4.68 Å². The van der Waals surface area contributed by atoms with Crippen molar-refractivity contribution in [1.82, 2.24) is 35.0 Å². The zero-order valence-corrected chi connectivity index (χ0v) is 26.8. The molecule has 0 spiro atoms. The lowest BCUT2D eigenvalue weighted by molar-refractivity contribution is 0.248. The fourth-order valence-electron chi connectivity index (χ4n) is 5.39. The third-order valence-electron chi connectivity index (χ3n) is 7.95. The van der Waals surface area contributed by atoms with E-state index in [9.17, 15) is 10.1 Å². The van der Waals surface area contributed by atoms with Crippen molar-refractivity contribution in [2.75, 3.05) is 35.3 Å². The molecule has 1 aliphatic rings. The molecule has 0 aliphatic carbocycles. The van der Waals surface area contributed by atoms with E-state index in [0.717, 1.165) is 29.1 Å². The van der Waals surface area contributed by atoms with Crippen molar-refractivity contribution in [1.29, 1.82) is 5.26 Å². The third-order valence-corrected chi connectivity index (χ3v) is 7.95. The summed E-state index contributed by atoms with van der Waals surface area (Å²) in [7, 11) is 3.81. The molecular formula is C36H31N11O2. The fourth-order valence-corrected chi connectivity index (χ4v) is 5.39. The third kappa shape index (κ3) is 6.70. The van der Waals surface area contributed by atoms with Gasteiger partial charge in [0.15, 0.2) is 11.6 Å². The molecule has 0 atom stereocenters. The number of anilines is 5. The van der Waals surface area contributed by atoms with E-state index >= 15 is 0 Å². The Bertz CT molecular complexity index is 2140. The number of nitriles is 1. The molecule has 13 nitrogen and oxygen atoms in total. The zero-order chi connectivity index (χ0) is 33.7. The van der Waals surface area contributed by atoms with Crippen molar-refractivity contribution in [3.05, 3.63) is 115 Å². The molecular weight excluding hydrogens is 618 g/mol. The quantitative estimate of drug-likeness (QED) is 0.206. The van der Waals surface area contributed by atoms with Crippen LogP contribution in [0.4, 0.5) is 33.8 Å². The number of hydrogen-bond acceptors (Lipinski definition) is 10. The van der Waals surface area contributed by atoms with Crippen LogP contribution in [-0.4, -0.2) is 55.9 Å². The number of pyridine rings is 2. The van der Waals surface area contributed by atoms with Crippen LogP contribution in [0.2, 0.25) is 0 Å². The van der Waals surface area contributed by atoms with Crippen molar-refractivity contribution in [3.63, 3.8) is 0 Å². The van der Waals surface area contributed by atoms with Crippen molar-refractivity contribution in [2.45, 2.75) is 6.54 Å². The van der Waals surface area contributed by atoms with Gasteiger partial charge >= 0.3 is 6.03 Å². The molecule has 5 heterocycles. The lowest BCUT2D eigenvalue weighted by Crippen LogP contribution is -2.37. The molecule has 2 amide bonds. The second kappa shape index (κ2) is 13.5. The maximum Gasteiger partial charge on any atom is 0.327 e. The lowest BCUT2D eigenvalue weighted by atomic mass is 10.1. The summed E-state index contributed by atoms with van der Waals surface area (Å²) in [6.07, 6.45) is 8.56. The Labute approximate surface area is 282 Å². The second-order valence-electron chi connectivity index (χ2n) is 11.3. The normalized spacial score (nSPS) is 12.0. The van der Waals surface area contributed by atoms with Gasteiger partial charge in [0.05, 0.1) is 35.9 Å². The number of likely N-dealkylation sites (N-methyl/N-ethyl adjacent to an activating group) is 1. The first-order valence-corrected chi connectivity index (χ1v) is 15.5. The number of amides is 2. The molecule has 0 fully saturated rings. The molecule has 2 aromatic carbocycles. The molecule has 0 unspecified atom stereocenters. The van der Waals surface area contributed by atoms with Gasteiger partial charge in [-0.15, -0.1) is 0 Å². The highest BCUT2D eigenvalue weighted by Crippen LogP contribution is 2.34. The number of benzene rings is 2. The maximum atomic E-state index is 13.7. The van der Waals surface area contributed by atoms with Gasteiger partial charge in [0, 0.05) is 61.6 Å². The van der Waals surface area contributed by atoms with Gasteiger partial charge in [-0.25, -0.2) is 29.6 Å². The topological polar surface area (TPSA) is 150 Å². The Balaban J connectivity index is 1.14. The summed E-state index contributed by atoms with van der Waals surface area (Å²) in [6, 6.07) is 24.4. The van der Waals surface area contributed by atoms with Crippen molar-refractivity contribution in [2.24, 2.45) is 7.05 Å². The SMILES string of the molecule is CN1CCOc2cc(-c3nc(Nc4ccc(N(C(=O)NCc5ccccc5)c5ccc(-c6cnn(C)c6)cn5)cc4)ncc3C#N)cnc21. The van der Waals surface area contributed by atoms with E-state index in [1.807, 2.05) is 91.9 Å². The largest absolute Gasteiger partial charge is 0.488 e. The number of aromatic nitrogens is 6. The Morgan fingerprint density at radius 1 is 0.939 bits per heavy atom. The standard InChI is InChI=1S/C36H31N11O2/c1-45-14-15-49-31-16-26(20-39-34(31)45)33-27(17-37)21-40-35(44-33)43-29-9-11-30(12-10-29)47(36(48)41-18-24-6-4-3-5-7-24)32-13-8-25(19-38-32)28-22-42-46(2)23-28/h3-13,16,19-23H,14-15,18H2,1-2H3,(H,41,48)(H,40,43,44). The van der Waals surface area contributed by atoms with Crippen LogP contribution < -0.4 is 25.2 Å². The van der Waals surface area contributed by atoms with Crippen LogP contribution in [-0.2, 0) is 13.6 Å². The van der Waals surface area contributed by atoms with Gasteiger partial charge in [-0.2, -0.15) is 10.4 Å². The van der Waals surface area contributed by atoms with Gasteiger partial charge in [0.1, 0.15) is 18.5 Å². The number of fused-ring (bicyclic) bond motifs is 1. The van der Waals surface area contributed by atoms with E-state index in [1.165, 1.54) is 11.1 Å². The van der Waals surface area contributed by atoms with Crippen molar-refractivity contribution < 1.29 is 9.53 Å². The molecule has 7 rings (SSSR count). The summed E-state index contributed by atoms with van der Waals surface area (Å²) >= 11 is 0. The van der Waals surface area contributed by atoms with Crippen LogP contribution >= 0.6 is 0 Å². The number of carbonyl (C=O) groups is 1.